The quantitative estimate of drug-likeness (QED) is 0.453. The van der Waals surface area contributed by atoms with Gasteiger partial charge in [0.25, 0.3) is 0 Å². The number of hydrogen-bond donors (Lipinski definition) is 0. The minimum absolute atomic E-state index is 0.00517. The largest absolute Gasteiger partial charge is 0.493 e. The molecule has 0 aromatic heterocycles. The Balaban J connectivity index is 2.55. The Morgan fingerprint density at radius 1 is 0.909 bits per heavy atom. The Labute approximate surface area is 196 Å². The predicted octanol–water partition coefficient (Wildman–Crippen LogP) is 3.78. The summed E-state index contributed by atoms with van der Waals surface area (Å²) in [7, 11) is 0.560. The molecule has 2 rings (SSSR count). The monoisotopic (exact) mass is 479 g/mol. The van der Waals surface area contributed by atoms with Gasteiger partial charge in [-0.1, -0.05) is 17.7 Å². The number of rotatable bonds is 11. The number of carbonyl (C=O) groups excluding carboxylic acids is 1. The van der Waals surface area contributed by atoms with Crippen LogP contribution in [0.15, 0.2) is 29.2 Å². The number of methoxy groups -OCH3 is 3. The van der Waals surface area contributed by atoms with Gasteiger partial charge in [-0.05, 0) is 56.5 Å². The van der Waals surface area contributed by atoms with Crippen LogP contribution in [0.25, 0.3) is 0 Å². The average Bonchev–Trinajstić information content (AvgIpc) is 2.74. The van der Waals surface area contributed by atoms with Gasteiger partial charge in [0, 0.05) is 13.1 Å². The molecular formula is C24H33NO7S. The number of nitrogens with zero attached hydrogens (tertiary/aromatic N) is 1. The second kappa shape index (κ2) is 11.4. The Morgan fingerprint density at radius 3 is 1.91 bits per heavy atom. The summed E-state index contributed by atoms with van der Waals surface area (Å²) in [5.41, 5.74) is 2.91. The molecule has 0 atom stereocenters. The first-order valence-corrected chi connectivity index (χ1v) is 12.1. The van der Waals surface area contributed by atoms with E-state index in [0.29, 0.717) is 33.9 Å². The number of ether oxygens (including phenoxy) is 4. The number of aryl methyl sites for hydroxylation is 3. The topological polar surface area (TPSA) is 91.4 Å². The summed E-state index contributed by atoms with van der Waals surface area (Å²) in [4.78, 5) is 12.3. The number of sulfonamides is 1. The van der Waals surface area contributed by atoms with Crippen LogP contribution in [0.5, 0.6) is 17.2 Å². The summed E-state index contributed by atoms with van der Waals surface area (Å²) < 4.78 is 50.0. The van der Waals surface area contributed by atoms with E-state index in [4.69, 9.17) is 18.9 Å². The number of benzene rings is 2. The third-order valence-corrected chi connectivity index (χ3v) is 7.31. The van der Waals surface area contributed by atoms with Gasteiger partial charge in [-0.2, -0.15) is 4.31 Å². The van der Waals surface area contributed by atoms with E-state index in [0.717, 1.165) is 5.56 Å². The molecule has 0 aliphatic carbocycles. The van der Waals surface area contributed by atoms with E-state index >= 15 is 0 Å². The predicted molar refractivity (Wildman–Crippen MR) is 126 cm³/mol. The Kier molecular flexibility index (Phi) is 9.13. The van der Waals surface area contributed by atoms with Crippen molar-refractivity contribution in [1.82, 2.24) is 4.31 Å². The lowest BCUT2D eigenvalue weighted by Gasteiger charge is -2.25. The van der Waals surface area contributed by atoms with Crippen LogP contribution in [-0.2, 0) is 26.1 Å². The zero-order chi connectivity index (χ0) is 24.8. The van der Waals surface area contributed by atoms with Crippen molar-refractivity contribution in [3.8, 4) is 17.2 Å². The molecule has 0 heterocycles. The van der Waals surface area contributed by atoms with Crippen LogP contribution in [-0.4, -0.2) is 53.2 Å². The molecule has 0 amide bonds. The van der Waals surface area contributed by atoms with Crippen LogP contribution in [0, 0.1) is 20.8 Å². The first-order chi connectivity index (χ1) is 15.6. The van der Waals surface area contributed by atoms with Crippen molar-refractivity contribution in [3.05, 3.63) is 46.5 Å². The Hall–Kier alpha value is -2.78. The van der Waals surface area contributed by atoms with Crippen LogP contribution in [0.3, 0.4) is 0 Å². The van der Waals surface area contributed by atoms with E-state index < -0.39 is 16.0 Å². The zero-order valence-corrected chi connectivity index (χ0v) is 21.2. The van der Waals surface area contributed by atoms with Gasteiger partial charge in [-0.25, -0.2) is 8.42 Å². The van der Waals surface area contributed by atoms with Crippen molar-refractivity contribution in [2.75, 3.05) is 34.5 Å². The molecule has 0 unspecified atom stereocenters. The molecule has 2 aromatic rings. The molecule has 9 heteroatoms. The van der Waals surface area contributed by atoms with Gasteiger partial charge in [0.15, 0.2) is 11.5 Å². The second-order valence-corrected chi connectivity index (χ2v) is 9.53. The highest BCUT2D eigenvalue weighted by Crippen LogP contribution is 2.39. The van der Waals surface area contributed by atoms with Gasteiger partial charge >= 0.3 is 5.97 Å². The van der Waals surface area contributed by atoms with Crippen molar-refractivity contribution >= 4 is 16.0 Å². The number of esters is 1. The summed E-state index contributed by atoms with van der Waals surface area (Å²) in [6.45, 7) is 7.38. The maximum absolute atomic E-state index is 13.8. The molecule has 0 N–H and O–H groups in total. The lowest BCUT2D eigenvalue weighted by atomic mass is 10.1. The first-order valence-electron chi connectivity index (χ1n) is 10.6. The van der Waals surface area contributed by atoms with E-state index in [1.165, 1.54) is 25.6 Å². The molecule has 0 saturated carbocycles. The van der Waals surface area contributed by atoms with E-state index in [2.05, 4.69) is 0 Å². The summed E-state index contributed by atoms with van der Waals surface area (Å²) >= 11 is 0. The fraction of sp³-hybridized carbons (Fsp3) is 0.458. The molecule has 8 nitrogen and oxygen atoms in total. The van der Waals surface area contributed by atoms with Crippen molar-refractivity contribution < 1.29 is 32.2 Å². The second-order valence-electron chi connectivity index (χ2n) is 7.66. The lowest BCUT2D eigenvalue weighted by Crippen LogP contribution is -2.34. The maximum Gasteiger partial charge on any atom is 0.307 e. The van der Waals surface area contributed by atoms with Gasteiger partial charge < -0.3 is 18.9 Å². The van der Waals surface area contributed by atoms with Crippen LogP contribution in [0.4, 0.5) is 0 Å². The summed E-state index contributed by atoms with van der Waals surface area (Å²) in [6.07, 6.45) is -0.0680. The van der Waals surface area contributed by atoms with Gasteiger partial charge in [0.2, 0.25) is 15.8 Å². The Morgan fingerprint density at radius 2 is 1.45 bits per heavy atom. The molecule has 182 valence electrons. The van der Waals surface area contributed by atoms with E-state index in [-0.39, 0.29) is 31.0 Å². The average molecular weight is 480 g/mol. The zero-order valence-electron chi connectivity index (χ0n) is 20.4. The van der Waals surface area contributed by atoms with Crippen LogP contribution < -0.4 is 14.2 Å². The third kappa shape index (κ3) is 6.17. The molecule has 0 saturated heterocycles. The third-order valence-electron chi connectivity index (χ3n) is 5.16. The van der Waals surface area contributed by atoms with Crippen LogP contribution in [0.1, 0.15) is 35.6 Å². The van der Waals surface area contributed by atoms with Crippen molar-refractivity contribution in [2.24, 2.45) is 0 Å². The normalized spacial score (nSPS) is 11.4. The molecule has 0 fully saturated rings. The standard InChI is InChI=1S/C24H33NO7S/c1-8-32-22(26)9-10-25(33(27,28)24-17(3)11-16(2)12-18(24)4)15-19-13-20(29-5)23(31-7)21(14-19)30-6/h11-14H,8-10,15H2,1-7H3. The molecular weight excluding hydrogens is 446 g/mol. The highest BCUT2D eigenvalue weighted by Gasteiger charge is 2.29. The lowest BCUT2D eigenvalue weighted by molar-refractivity contribution is -0.143. The van der Waals surface area contributed by atoms with Crippen LogP contribution >= 0.6 is 0 Å². The molecule has 0 aliphatic rings. The summed E-state index contributed by atoms with van der Waals surface area (Å²) in [6, 6.07) is 7.07. The number of carbonyl (C=O) groups is 1. The maximum atomic E-state index is 13.8. The fourth-order valence-electron chi connectivity index (χ4n) is 3.87. The van der Waals surface area contributed by atoms with Gasteiger partial charge in [0.1, 0.15) is 0 Å². The Bertz CT molecular complexity index is 1050. The highest BCUT2D eigenvalue weighted by atomic mass is 32.2. The fourth-order valence-corrected chi connectivity index (χ4v) is 5.71. The van der Waals surface area contributed by atoms with Crippen molar-refractivity contribution in [2.45, 2.75) is 45.6 Å². The SMILES string of the molecule is CCOC(=O)CCN(Cc1cc(OC)c(OC)c(OC)c1)S(=O)(=O)c1c(C)cc(C)cc1C. The van der Waals surface area contributed by atoms with E-state index in [1.807, 2.05) is 19.1 Å². The van der Waals surface area contributed by atoms with E-state index in [9.17, 15) is 13.2 Å². The summed E-state index contributed by atoms with van der Waals surface area (Å²) in [5.74, 6) is 0.782. The highest BCUT2D eigenvalue weighted by molar-refractivity contribution is 7.89. The molecule has 0 radical (unpaired) electrons. The van der Waals surface area contributed by atoms with Gasteiger partial charge in [-0.3, -0.25) is 4.79 Å². The minimum Gasteiger partial charge on any atom is -0.493 e. The van der Waals surface area contributed by atoms with Crippen molar-refractivity contribution in [1.29, 1.82) is 0 Å². The van der Waals surface area contributed by atoms with Gasteiger partial charge in [0.05, 0.1) is 39.3 Å². The molecule has 2 aromatic carbocycles. The first kappa shape index (κ1) is 26.5. The summed E-state index contributed by atoms with van der Waals surface area (Å²) in [5, 5.41) is 0. The molecule has 0 spiro atoms. The minimum atomic E-state index is -3.93. The van der Waals surface area contributed by atoms with Gasteiger partial charge in [-0.15, -0.1) is 0 Å². The van der Waals surface area contributed by atoms with Crippen molar-refractivity contribution in [3.63, 3.8) is 0 Å². The molecule has 0 bridgehead atoms. The molecule has 33 heavy (non-hydrogen) atoms. The van der Waals surface area contributed by atoms with Crippen LogP contribution in [0.2, 0.25) is 0 Å². The number of hydrogen-bond acceptors (Lipinski definition) is 7. The van der Waals surface area contributed by atoms with E-state index in [1.54, 1.807) is 32.9 Å². The smallest absolute Gasteiger partial charge is 0.307 e. The molecule has 0 aliphatic heterocycles.